The molecule has 1 fully saturated rings. The molecule has 112 valence electrons. The van der Waals surface area contributed by atoms with Crippen LogP contribution in [0, 0.1) is 11.3 Å². The van der Waals surface area contributed by atoms with E-state index < -0.39 is 11.4 Å². The SMILES string of the molecule is CC(C)C1(C(=O)O)CCN(c2ncnc3c2cnn3C)C1. The molecular weight excluding hydrogens is 270 g/mol. The Morgan fingerprint density at radius 3 is 2.81 bits per heavy atom. The molecule has 1 unspecified atom stereocenters. The topological polar surface area (TPSA) is 84.1 Å². The molecule has 1 N–H and O–H groups in total. The van der Waals surface area contributed by atoms with E-state index in [4.69, 9.17) is 0 Å². The normalized spacial score (nSPS) is 22.4. The highest BCUT2D eigenvalue weighted by atomic mass is 16.4. The average Bonchev–Trinajstić information content (AvgIpc) is 3.04. The molecule has 3 heterocycles. The van der Waals surface area contributed by atoms with Gasteiger partial charge in [-0.1, -0.05) is 13.8 Å². The van der Waals surface area contributed by atoms with Gasteiger partial charge in [-0.15, -0.1) is 0 Å². The first-order valence-corrected chi connectivity index (χ1v) is 7.07. The number of hydrogen-bond donors (Lipinski definition) is 1. The Morgan fingerprint density at radius 2 is 2.19 bits per heavy atom. The third kappa shape index (κ3) is 1.95. The number of hydrogen-bond acceptors (Lipinski definition) is 5. The highest BCUT2D eigenvalue weighted by Crippen LogP contribution is 2.40. The molecule has 2 aromatic rings. The van der Waals surface area contributed by atoms with Gasteiger partial charge in [0.15, 0.2) is 5.65 Å². The molecule has 0 aliphatic carbocycles. The summed E-state index contributed by atoms with van der Waals surface area (Å²) in [6.45, 7) is 5.10. The van der Waals surface area contributed by atoms with Gasteiger partial charge in [-0.3, -0.25) is 9.48 Å². The molecule has 2 aromatic heterocycles. The lowest BCUT2D eigenvalue weighted by atomic mass is 9.76. The Balaban J connectivity index is 2.00. The van der Waals surface area contributed by atoms with E-state index in [1.807, 2.05) is 25.8 Å². The fourth-order valence-corrected chi connectivity index (χ4v) is 3.11. The van der Waals surface area contributed by atoms with Crippen LogP contribution < -0.4 is 4.90 Å². The standard InChI is InChI=1S/C14H19N5O2/c1-9(2)14(13(20)21)4-5-19(7-14)12-10-6-17-18(3)11(10)15-8-16-12/h6,8-9H,4-5,7H2,1-3H3,(H,20,21). The first-order valence-electron chi connectivity index (χ1n) is 7.07. The Hall–Kier alpha value is -2.18. The molecule has 7 heteroatoms. The molecule has 3 rings (SSSR count). The zero-order valence-corrected chi connectivity index (χ0v) is 12.4. The summed E-state index contributed by atoms with van der Waals surface area (Å²) in [6.07, 6.45) is 3.88. The third-order valence-electron chi connectivity index (χ3n) is 4.64. The molecule has 1 aliphatic heterocycles. The summed E-state index contributed by atoms with van der Waals surface area (Å²) < 4.78 is 1.70. The van der Waals surface area contributed by atoms with Crippen molar-refractivity contribution in [3.05, 3.63) is 12.5 Å². The Labute approximate surface area is 122 Å². The lowest BCUT2D eigenvalue weighted by Crippen LogP contribution is -2.39. The van der Waals surface area contributed by atoms with Crippen LogP contribution in [-0.4, -0.2) is 43.9 Å². The van der Waals surface area contributed by atoms with E-state index in [0.717, 1.165) is 16.9 Å². The summed E-state index contributed by atoms with van der Waals surface area (Å²) in [4.78, 5) is 22.4. The van der Waals surface area contributed by atoms with Crippen LogP contribution in [-0.2, 0) is 11.8 Å². The molecule has 0 amide bonds. The van der Waals surface area contributed by atoms with E-state index in [9.17, 15) is 9.90 Å². The average molecular weight is 289 g/mol. The van der Waals surface area contributed by atoms with Gasteiger partial charge in [-0.05, 0) is 12.3 Å². The molecule has 0 spiro atoms. The summed E-state index contributed by atoms with van der Waals surface area (Å²) in [5, 5.41) is 14.7. The van der Waals surface area contributed by atoms with Crippen LogP contribution >= 0.6 is 0 Å². The molecule has 0 aromatic carbocycles. The van der Waals surface area contributed by atoms with Gasteiger partial charge >= 0.3 is 5.97 Å². The maximum absolute atomic E-state index is 11.7. The Bertz CT molecular complexity index is 696. The van der Waals surface area contributed by atoms with Crippen LogP contribution in [0.2, 0.25) is 0 Å². The largest absolute Gasteiger partial charge is 0.481 e. The van der Waals surface area contributed by atoms with Crippen LogP contribution in [0.5, 0.6) is 0 Å². The van der Waals surface area contributed by atoms with Crippen molar-refractivity contribution in [1.82, 2.24) is 19.7 Å². The second-order valence-corrected chi connectivity index (χ2v) is 5.99. The zero-order chi connectivity index (χ0) is 15.2. The molecule has 7 nitrogen and oxygen atoms in total. The van der Waals surface area contributed by atoms with E-state index in [2.05, 4.69) is 15.1 Å². The monoisotopic (exact) mass is 289 g/mol. The highest BCUT2D eigenvalue weighted by molar-refractivity contribution is 5.87. The maximum Gasteiger partial charge on any atom is 0.311 e. The maximum atomic E-state index is 11.7. The Kier molecular flexibility index (Phi) is 3.07. The number of aryl methyl sites for hydroxylation is 1. The Morgan fingerprint density at radius 1 is 1.43 bits per heavy atom. The van der Waals surface area contributed by atoms with Crippen molar-refractivity contribution in [3.8, 4) is 0 Å². The molecule has 0 radical (unpaired) electrons. The van der Waals surface area contributed by atoms with Gasteiger partial charge < -0.3 is 10.0 Å². The summed E-state index contributed by atoms with van der Waals surface area (Å²) >= 11 is 0. The lowest BCUT2D eigenvalue weighted by Gasteiger charge is -2.29. The first-order chi connectivity index (χ1) is 9.95. The summed E-state index contributed by atoms with van der Waals surface area (Å²) in [7, 11) is 1.83. The summed E-state index contributed by atoms with van der Waals surface area (Å²) in [6, 6.07) is 0. The van der Waals surface area contributed by atoms with E-state index in [1.54, 1.807) is 10.9 Å². The second-order valence-electron chi connectivity index (χ2n) is 5.99. The predicted molar refractivity (Wildman–Crippen MR) is 78.0 cm³/mol. The number of carbonyl (C=O) groups is 1. The minimum atomic E-state index is -0.725. The second kappa shape index (κ2) is 4.68. The van der Waals surface area contributed by atoms with Crippen LogP contribution in [0.3, 0.4) is 0 Å². The van der Waals surface area contributed by atoms with Crippen molar-refractivity contribution in [2.45, 2.75) is 20.3 Å². The number of anilines is 1. The summed E-state index contributed by atoms with van der Waals surface area (Å²) in [5.41, 5.74) is 0.0526. The number of nitrogens with zero attached hydrogens (tertiary/aromatic N) is 5. The first kappa shape index (κ1) is 13.8. The molecule has 21 heavy (non-hydrogen) atoms. The smallest absolute Gasteiger partial charge is 0.311 e. The van der Waals surface area contributed by atoms with Gasteiger partial charge in [0, 0.05) is 20.1 Å². The van der Waals surface area contributed by atoms with Crippen LogP contribution in [0.1, 0.15) is 20.3 Å². The number of rotatable bonds is 3. The van der Waals surface area contributed by atoms with Crippen molar-refractivity contribution in [2.75, 3.05) is 18.0 Å². The zero-order valence-electron chi connectivity index (χ0n) is 12.4. The lowest BCUT2D eigenvalue weighted by molar-refractivity contribution is -0.150. The minimum Gasteiger partial charge on any atom is -0.481 e. The van der Waals surface area contributed by atoms with Crippen molar-refractivity contribution in [3.63, 3.8) is 0 Å². The van der Waals surface area contributed by atoms with Crippen LogP contribution in [0.15, 0.2) is 12.5 Å². The van der Waals surface area contributed by atoms with E-state index in [1.165, 1.54) is 6.33 Å². The molecule has 0 bridgehead atoms. The van der Waals surface area contributed by atoms with Gasteiger partial charge in [0.1, 0.15) is 12.1 Å². The van der Waals surface area contributed by atoms with Crippen molar-refractivity contribution < 1.29 is 9.90 Å². The molecule has 0 saturated carbocycles. The van der Waals surface area contributed by atoms with Gasteiger partial charge in [0.2, 0.25) is 0 Å². The molecule has 1 saturated heterocycles. The highest BCUT2D eigenvalue weighted by Gasteiger charge is 2.47. The molecule has 1 atom stereocenters. The van der Waals surface area contributed by atoms with Crippen molar-refractivity contribution in [1.29, 1.82) is 0 Å². The third-order valence-corrected chi connectivity index (χ3v) is 4.64. The van der Waals surface area contributed by atoms with E-state index >= 15 is 0 Å². The van der Waals surface area contributed by atoms with E-state index in [0.29, 0.717) is 19.5 Å². The van der Waals surface area contributed by atoms with Gasteiger partial charge in [-0.25, -0.2) is 9.97 Å². The fourth-order valence-electron chi connectivity index (χ4n) is 3.11. The van der Waals surface area contributed by atoms with Crippen LogP contribution in [0.4, 0.5) is 5.82 Å². The van der Waals surface area contributed by atoms with Gasteiger partial charge in [0.05, 0.1) is 17.0 Å². The van der Waals surface area contributed by atoms with Crippen molar-refractivity contribution in [2.24, 2.45) is 18.4 Å². The predicted octanol–water partition coefficient (Wildman–Crippen LogP) is 1.30. The van der Waals surface area contributed by atoms with Crippen LogP contribution in [0.25, 0.3) is 11.0 Å². The number of aromatic nitrogens is 4. The van der Waals surface area contributed by atoms with E-state index in [-0.39, 0.29) is 5.92 Å². The molecular formula is C14H19N5O2. The number of carboxylic acids is 1. The number of aliphatic carboxylic acids is 1. The fraction of sp³-hybridized carbons (Fsp3) is 0.571. The number of fused-ring (bicyclic) bond motifs is 1. The van der Waals surface area contributed by atoms with Gasteiger partial charge in [0.25, 0.3) is 0 Å². The number of carboxylic acid groups (broad SMARTS) is 1. The van der Waals surface area contributed by atoms with Crippen molar-refractivity contribution >= 4 is 22.8 Å². The summed E-state index contributed by atoms with van der Waals surface area (Å²) in [5.74, 6) is 0.125. The molecule has 1 aliphatic rings. The quantitative estimate of drug-likeness (QED) is 0.917. The minimum absolute atomic E-state index is 0.0752. The van der Waals surface area contributed by atoms with Gasteiger partial charge in [-0.2, -0.15) is 5.10 Å².